The van der Waals surface area contributed by atoms with E-state index in [2.05, 4.69) is 4.98 Å². The lowest BCUT2D eigenvalue weighted by Gasteiger charge is -2.01. The highest BCUT2D eigenvalue weighted by Gasteiger charge is 2.16. The Morgan fingerprint density at radius 2 is 1.81 bits per heavy atom. The summed E-state index contributed by atoms with van der Waals surface area (Å²) in [4.78, 5) is 3.93. The van der Waals surface area contributed by atoms with Crippen molar-refractivity contribution in [1.29, 1.82) is 0 Å². The van der Waals surface area contributed by atoms with Gasteiger partial charge in [0.05, 0.1) is 17.1 Å². The second-order valence-corrected chi connectivity index (χ2v) is 4.15. The molecule has 0 saturated carbocycles. The van der Waals surface area contributed by atoms with E-state index in [1.165, 1.54) is 0 Å². The Morgan fingerprint density at radius 3 is 2.31 bits per heavy atom. The maximum absolute atomic E-state index is 13.4. The summed E-state index contributed by atoms with van der Waals surface area (Å²) in [6.07, 6.45) is 0. The van der Waals surface area contributed by atoms with Gasteiger partial charge in [-0.05, 0) is 0 Å². The van der Waals surface area contributed by atoms with Crippen LogP contribution in [0.15, 0.2) is 17.5 Å². The Labute approximate surface area is 98.5 Å². The summed E-state index contributed by atoms with van der Waals surface area (Å²) >= 11 is 6.59. The number of benzene rings is 1. The Kier molecular flexibility index (Phi) is 3.16. The first-order valence-corrected chi connectivity index (χ1v) is 5.68. The number of hydrogen-bond acceptors (Lipinski definition) is 2. The highest BCUT2D eigenvalue weighted by Crippen LogP contribution is 2.29. The minimum Gasteiger partial charge on any atom is -0.240 e. The van der Waals surface area contributed by atoms with Gasteiger partial charge in [0, 0.05) is 17.5 Å². The van der Waals surface area contributed by atoms with Crippen LogP contribution in [0.2, 0.25) is 0 Å². The van der Waals surface area contributed by atoms with Crippen LogP contribution < -0.4 is 0 Å². The molecule has 2 aromatic rings. The molecule has 0 aliphatic rings. The lowest BCUT2D eigenvalue weighted by molar-refractivity contribution is 0.548. The summed E-state index contributed by atoms with van der Waals surface area (Å²) in [6, 6.07) is 1.25. The van der Waals surface area contributed by atoms with Gasteiger partial charge in [0.25, 0.3) is 0 Å². The van der Waals surface area contributed by atoms with Gasteiger partial charge in [-0.25, -0.2) is 18.2 Å². The normalized spacial score (nSPS) is 10.8. The fraction of sp³-hybridized carbons (Fsp3) is 0.100. The number of thiazole rings is 1. The number of rotatable bonds is 2. The largest absolute Gasteiger partial charge is 0.240 e. The van der Waals surface area contributed by atoms with Crippen LogP contribution in [0.25, 0.3) is 10.6 Å². The molecule has 6 heteroatoms. The van der Waals surface area contributed by atoms with Crippen molar-refractivity contribution in [2.45, 2.75) is 5.88 Å². The molecule has 1 heterocycles. The van der Waals surface area contributed by atoms with Crippen LogP contribution in [-0.4, -0.2) is 4.98 Å². The van der Waals surface area contributed by atoms with E-state index in [4.69, 9.17) is 11.6 Å². The van der Waals surface area contributed by atoms with E-state index in [9.17, 15) is 13.2 Å². The molecule has 0 unspecified atom stereocenters. The third-order valence-electron chi connectivity index (χ3n) is 1.91. The first-order valence-electron chi connectivity index (χ1n) is 4.27. The van der Waals surface area contributed by atoms with Gasteiger partial charge in [-0.2, -0.15) is 0 Å². The van der Waals surface area contributed by atoms with Gasteiger partial charge in [-0.15, -0.1) is 22.9 Å². The molecule has 0 saturated heterocycles. The van der Waals surface area contributed by atoms with Gasteiger partial charge in [-0.3, -0.25) is 0 Å². The highest BCUT2D eigenvalue weighted by atomic mass is 35.5. The zero-order valence-corrected chi connectivity index (χ0v) is 9.38. The molecule has 1 nitrogen and oxygen atoms in total. The molecule has 0 amide bonds. The van der Waals surface area contributed by atoms with Crippen LogP contribution in [-0.2, 0) is 5.88 Å². The van der Waals surface area contributed by atoms with Crippen molar-refractivity contribution in [2.24, 2.45) is 0 Å². The van der Waals surface area contributed by atoms with E-state index in [1.54, 1.807) is 5.38 Å². The Balaban J connectivity index is 2.55. The zero-order chi connectivity index (χ0) is 11.7. The Hall–Kier alpha value is -1.07. The summed E-state index contributed by atoms with van der Waals surface area (Å²) in [5.41, 5.74) is 0.215. The molecule has 1 aromatic heterocycles. The monoisotopic (exact) mass is 263 g/mol. The average Bonchev–Trinajstić information content (AvgIpc) is 2.64. The van der Waals surface area contributed by atoms with E-state index in [0.717, 1.165) is 11.3 Å². The molecule has 2 rings (SSSR count). The first-order chi connectivity index (χ1) is 7.61. The minimum atomic E-state index is -0.965. The predicted octanol–water partition coefficient (Wildman–Crippen LogP) is 3.97. The SMILES string of the molecule is Fc1cc(F)c(-c2nc(CCl)cs2)c(F)c1. The van der Waals surface area contributed by atoms with E-state index in [0.29, 0.717) is 17.8 Å². The molecule has 0 radical (unpaired) electrons. The summed E-state index contributed by atoms with van der Waals surface area (Å²) in [6.45, 7) is 0. The van der Waals surface area contributed by atoms with Gasteiger partial charge < -0.3 is 0 Å². The van der Waals surface area contributed by atoms with Crippen molar-refractivity contribution in [3.63, 3.8) is 0 Å². The lowest BCUT2D eigenvalue weighted by Crippen LogP contribution is -1.92. The molecule has 0 fully saturated rings. The van der Waals surface area contributed by atoms with Crippen LogP contribution in [0.5, 0.6) is 0 Å². The second kappa shape index (κ2) is 4.43. The molecule has 1 aromatic carbocycles. The van der Waals surface area contributed by atoms with E-state index in [-0.39, 0.29) is 16.5 Å². The lowest BCUT2D eigenvalue weighted by atomic mass is 10.2. The summed E-state index contributed by atoms with van der Waals surface area (Å²) in [5, 5.41) is 1.76. The number of aromatic nitrogens is 1. The Bertz CT molecular complexity index is 504. The third kappa shape index (κ3) is 2.05. The number of halogens is 4. The molecule has 0 N–H and O–H groups in total. The Morgan fingerprint density at radius 1 is 1.19 bits per heavy atom. The molecule has 0 aliphatic heterocycles. The van der Waals surface area contributed by atoms with Crippen LogP contribution in [0.3, 0.4) is 0 Å². The maximum atomic E-state index is 13.4. The van der Waals surface area contributed by atoms with Crippen LogP contribution in [0, 0.1) is 17.5 Å². The topological polar surface area (TPSA) is 12.9 Å². The molecular weight excluding hydrogens is 259 g/mol. The number of hydrogen-bond donors (Lipinski definition) is 0. The van der Waals surface area contributed by atoms with E-state index >= 15 is 0 Å². The van der Waals surface area contributed by atoms with Gasteiger partial charge in [0.2, 0.25) is 0 Å². The highest BCUT2D eigenvalue weighted by molar-refractivity contribution is 7.13. The van der Waals surface area contributed by atoms with Gasteiger partial charge in [-0.1, -0.05) is 0 Å². The van der Waals surface area contributed by atoms with Crippen LogP contribution in [0.4, 0.5) is 13.2 Å². The quantitative estimate of drug-likeness (QED) is 0.747. The van der Waals surface area contributed by atoms with Crippen LogP contribution >= 0.6 is 22.9 Å². The van der Waals surface area contributed by atoms with Gasteiger partial charge >= 0.3 is 0 Å². The van der Waals surface area contributed by atoms with Crippen LogP contribution in [0.1, 0.15) is 5.69 Å². The molecule has 0 aliphatic carbocycles. The van der Waals surface area contributed by atoms with Crippen molar-refractivity contribution in [1.82, 2.24) is 4.98 Å². The molecule has 0 bridgehead atoms. The van der Waals surface area contributed by atoms with Crippen molar-refractivity contribution in [3.8, 4) is 10.6 Å². The fourth-order valence-electron chi connectivity index (χ4n) is 1.23. The van der Waals surface area contributed by atoms with Gasteiger partial charge in [0.1, 0.15) is 22.5 Å². The van der Waals surface area contributed by atoms with E-state index < -0.39 is 17.5 Å². The maximum Gasteiger partial charge on any atom is 0.139 e. The van der Waals surface area contributed by atoms with Gasteiger partial charge in [0.15, 0.2) is 0 Å². The fourth-order valence-corrected chi connectivity index (χ4v) is 2.32. The molecule has 84 valence electrons. The minimum absolute atomic E-state index is 0.158. The molecule has 16 heavy (non-hydrogen) atoms. The summed E-state index contributed by atoms with van der Waals surface area (Å²) in [5.74, 6) is -2.71. The molecule has 0 atom stereocenters. The second-order valence-electron chi connectivity index (χ2n) is 3.02. The van der Waals surface area contributed by atoms with Crippen molar-refractivity contribution in [3.05, 3.63) is 40.7 Å². The summed E-state index contributed by atoms with van der Waals surface area (Å²) < 4.78 is 39.4. The average molecular weight is 264 g/mol. The smallest absolute Gasteiger partial charge is 0.139 e. The molecule has 0 spiro atoms. The third-order valence-corrected chi connectivity index (χ3v) is 3.09. The standard InChI is InChI=1S/C10H5ClF3NS/c11-3-6-4-16-10(15-6)9-7(13)1-5(12)2-8(9)14/h1-2,4H,3H2. The molecular formula is C10H5ClF3NS. The van der Waals surface area contributed by atoms with Crippen molar-refractivity contribution >= 4 is 22.9 Å². The van der Waals surface area contributed by atoms with Crippen molar-refractivity contribution in [2.75, 3.05) is 0 Å². The number of alkyl halides is 1. The first kappa shape index (κ1) is 11.4. The van der Waals surface area contributed by atoms with E-state index in [1.807, 2.05) is 0 Å². The summed E-state index contributed by atoms with van der Waals surface area (Å²) in [7, 11) is 0. The zero-order valence-electron chi connectivity index (χ0n) is 7.81. The predicted molar refractivity (Wildman–Crippen MR) is 57.0 cm³/mol. The number of nitrogens with zero attached hydrogens (tertiary/aromatic N) is 1. The van der Waals surface area contributed by atoms with Crippen molar-refractivity contribution < 1.29 is 13.2 Å².